The van der Waals surface area contributed by atoms with Gasteiger partial charge in [0.15, 0.2) is 0 Å². The van der Waals surface area contributed by atoms with Crippen molar-refractivity contribution in [3.63, 3.8) is 0 Å². The van der Waals surface area contributed by atoms with E-state index in [1.54, 1.807) is 0 Å². The van der Waals surface area contributed by atoms with Crippen molar-refractivity contribution < 1.29 is 0 Å². The van der Waals surface area contributed by atoms with Crippen LogP contribution in [0.25, 0.3) is 0 Å². The summed E-state index contributed by atoms with van der Waals surface area (Å²) in [5, 5.41) is 0. The number of benzene rings is 2. The molecule has 2 nitrogen and oxygen atoms in total. The summed E-state index contributed by atoms with van der Waals surface area (Å²) in [5.74, 6) is 0. The largest absolute Gasteiger partial charge is 0.399 e. The van der Waals surface area contributed by atoms with Gasteiger partial charge in [-0.05, 0) is 50.0 Å². The second-order valence-electron chi connectivity index (χ2n) is 5.34. The molecule has 2 aromatic rings. The van der Waals surface area contributed by atoms with E-state index in [1.807, 2.05) is 12.1 Å². The minimum Gasteiger partial charge on any atom is -0.399 e. The zero-order valence-corrected chi connectivity index (χ0v) is 12.3. The van der Waals surface area contributed by atoms with Gasteiger partial charge < -0.3 is 10.6 Å². The van der Waals surface area contributed by atoms with E-state index in [2.05, 4.69) is 54.4 Å². The molecule has 0 saturated heterocycles. The van der Waals surface area contributed by atoms with Crippen molar-refractivity contribution in [3.8, 4) is 0 Å². The van der Waals surface area contributed by atoms with Gasteiger partial charge in [-0.3, -0.25) is 0 Å². The van der Waals surface area contributed by atoms with Crippen molar-refractivity contribution in [2.75, 3.05) is 25.9 Å². The predicted octanol–water partition coefficient (Wildman–Crippen LogP) is 3.38. The number of aryl methyl sites for hydroxylation is 1. The maximum atomic E-state index is 5.96. The van der Waals surface area contributed by atoms with Gasteiger partial charge in [0.05, 0.1) is 0 Å². The SMILES string of the molecule is CN(CCCc1ccccc1)CCc1ccccc1N. The Morgan fingerprint density at radius 1 is 0.850 bits per heavy atom. The molecule has 0 radical (unpaired) electrons. The lowest BCUT2D eigenvalue weighted by atomic mass is 10.1. The number of nitrogen functional groups attached to an aromatic ring is 1. The fraction of sp³-hybridized carbons (Fsp3) is 0.333. The summed E-state index contributed by atoms with van der Waals surface area (Å²) in [6.45, 7) is 2.19. The van der Waals surface area contributed by atoms with E-state index in [9.17, 15) is 0 Å². The molecule has 2 rings (SSSR count). The molecule has 20 heavy (non-hydrogen) atoms. The molecule has 0 aliphatic rings. The third kappa shape index (κ3) is 4.71. The van der Waals surface area contributed by atoms with E-state index in [1.165, 1.54) is 17.5 Å². The molecule has 0 amide bonds. The summed E-state index contributed by atoms with van der Waals surface area (Å²) in [4.78, 5) is 2.38. The number of rotatable bonds is 7. The van der Waals surface area contributed by atoms with E-state index in [0.29, 0.717) is 0 Å². The van der Waals surface area contributed by atoms with Crippen molar-refractivity contribution in [1.82, 2.24) is 4.90 Å². The summed E-state index contributed by atoms with van der Waals surface area (Å²) >= 11 is 0. The molecule has 0 fully saturated rings. The summed E-state index contributed by atoms with van der Waals surface area (Å²) in [5.41, 5.74) is 9.55. The molecular formula is C18H24N2. The fourth-order valence-electron chi connectivity index (χ4n) is 2.38. The van der Waals surface area contributed by atoms with Gasteiger partial charge in [0.2, 0.25) is 0 Å². The van der Waals surface area contributed by atoms with Crippen LogP contribution in [0, 0.1) is 0 Å². The quantitative estimate of drug-likeness (QED) is 0.780. The molecule has 0 unspecified atom stereocenters. The van der Waals surface area contributed by atoms with Crippen LogP contribution in [0.2, 0.25) is 0 Å². The zero-order chi connectivity index (χ0) is 14.2. The second kappa shape index (κ2) is 7.71. The van der Waals surface area contributed by atoms with E-state index in [4.69, 9.17) is 5.73 Å². The van der Waals surface area contributed by atoms with Gasteiger partial charge >= 0.3 is 0 Å². The molecule has 0 heterocycles. The first-order valence-corrected chi connectivity index (χ1v) is 7.31. The Labute approximate surface area is 122 Å². The minimum absolute atomic E-state index is 0.908. The molecule has 106 valence electrons. The average Bonchev–Trinajstić information content (AvgIpc) is 2.47. The van der Waals surface area contributed by atoms with Crippen molar-refractivity contribution in [2.24, 2.45) is 0 Å². The van der Waals surface area contributed by atoms with Crippen molar-refractivity contribution >= 4 is 5.69 Å². The van der Waals surface area contributed by atoms with E-state index >= 15 is 0 Å². The Balaban J connectivity index is 1.68. The smallest absolute Gasteiger partial charge is 0.0347 e. The van der Waals surface area contributed by atoms with Gasteiger partial charge in [0, 0.05) is 12.2 Å². The number of hydrogen-bond acceptors (Lipinski definition) is 2. The normalized spacial score (nSPS) is 10.9. The average molecular weight is 268 g/mol. The highest BCUT2D eigenvalue weighted by atomic mass is 15.1. The molecule has 2 heteroatoms. The first-order valence-electron chi connectivity index (χ1n) is 7.31. The zero-order valence-electron chi connectivity index (χ0n) is 12.3. The Morgan fingerprint density at radius 3 is 2.30 bits per heavy atom. The Morgan fingerprint density at radius 2 is 1.55 bits per heavy atom. The third-order valence-corrected chi connectivity index (χ3v) is 3.67. The van der Waals surface area contributed by atoms with E-state index in [0.717, 1.165) is 31.6 Å². The molecular weight excluding hydrogens is 244 g/mol. The second-order valence-corrected chi connectivity index (χ2v) is 5.34. The van der Waals surface area contributed by atoms with Gasteiger partial charge in [-0.1, -0.05) is 48.5 Å². The van der Waals surface area contributed by atoms with Gasteiger partial charge in [-0.25, -0.2) is 0 Å². The van der Waals surface area contributed by atoms with Crippen LogP contribution in [-0.2, 0) is 12.8 Å². The maximum absolute atomic E-state index is 5.96. The lowest BCUT2D eigenvalue weighted by molar-refractivity contribution is 0.334. The van der Waals surface area contributed by atoms with Gasteiger partial charge in [-0.15, -0.1) is 0 Å². The summed E-state index contributed by atoms with van der Waals surface area (Å²) < 4.78 is 0. The van der Waals surface area contributed by atoms with Crippen LogP contribution >= 0.6 is 0 Å². The lowest BCUT2D eigenvalue weighted by Crippen LogP contribution is -2.23. The Bertz CT molecular complexity index is 508. The van der Waals surface area contributed by atoms with Crippen LogP contribution in [0.4, 0.5) is 5.69 Å². The summed E-state index contributed by atoms with van der Waals surface area (Å²) in [6, 6.07) is 18.8. The molecule has 0 aliphatic carbocycles. The topological polar surface area (TPSA) is 29.3 Å². The Kier molecular flexibility index (Phi) is 5.63. The molecule has 0 spiro atoms. The van der Waals surface area contributed by atoms with Crippen LogP contribution in [0.3, 0.4) is 0 Å². The molecule has 0 aliphatic heterocycles. The molecule has 2 aromatic carbocycles. The first-order chi connectivity index (χ1) is 9.75. The van der Waals surface area contributed by atoms with Crippen molar-refractivity contribution in [2.45, 2.75) is 19.3 Å². The fourth-order valence-corrected chi connectivity index (χ4v) is 2.38. The van der Waals surface area contributed by atoms with Gasteiger partial charge in [0.1, 0.15) is 0 Å². The molecule has 0 bridgehead atoms. The van der Waals surface area contributed by atoms with Gasteiger partial charge in [-0.2, -0.15) is 0 Å². The van der Waals surface area contributed by atoms with Crippen LogP contribution in [0.5, 0.6) is 0 Å². The third-order valence-electron chi connectivity index (χ3n) is 3.67. The van der Waals surface area contributed by atoms with E-state index in [-0.39, 0.29) is 0 Å². The van der Waals surface area contributed by atoms with Crippen LogP contribution in [0.15, 0.2) is 54.6 Å². The van der Waals surface area contributed by atoms with Crippen LogP contribution < -0.4 is 5.73 Å². The highest BCUT2D eigenvalue weighted by Crippen LogP contribution is 2.11. The number of hydrogen-bond donors (Lipinski definition) is 1. The number of anilines is 1. The molecule has 0 saturated carbocycles. The van der Waals surface area contributed by atoms with E-state index < -0.39 is 0 Å². The summed E-state index contributed by atoms with van der Waals surface area (Å²) in [6.07, 6.45) is 3.37. The number of nitrogens with two attached hydrogens (primary N) is 1. The van der Waals surface area contributed by atoms with Crippen LogP contribution in [-0.4, -0.2) is 25.0 Å². The predicted molar refractivity (Wildman–Crippen MR) is 86.8 cm³/mol. The standard InChI is InChI=1S/C18H24N2/c1-20(14-7-10-16-8-3-2-4-9-16)15-13-17-11-5-6-12-18(17)19/h2-6,8-9,11-12H,7,10,13-15,19H2,1H3. The highest BCUT2D eigenvalue weighted by Gasteiger charge is 2.02. The maximum Gasteiger partial charge on any atom is 0.0347 e. The van der Waals surface area contributed by atoms with Crippen molar-refractivity contribution in [3.05, 3.63) is 65.7 Å². The molecule has 2 N–H and O–H groups in total. The van der Waals surface area contributed by atoms with Gasteiger partial charge in [0.25, 0.3) is 0 Å². The Hall–Kier alpha value is -1.80. The monoisotopic (exact) mass is 268 g/mol. The van der Waals surface area contributed by atoms with Crippen LogP contribution in [0.1, 0.15) is 17.5 Å². The number of nitrogens with zero attached hydrogens (tertiary/aromatic N) is 1. The van der Waals surface area contributed by atoms with Crippen molar-refractivity contribution in [1.29, 1.82) is 0 Å². The minimum atomic E-state index is 0.908. The number of likely N-dealkylation sites (N-methyl/N-ethyl adjacent to an activating group) is 1. The first kappa shape index (κ1) is 14.6. The lowest BCUT2D eigenvalue weighted by Gasteiger charge is -2.17. The highest BCUT2D eigenvalue weighted by molar-refractivity contribution is 5.46. The molecule has 0 atom stereocenters. The molecule has 0 aromatic heterocycles. The summed E-state index contributed by atoms with van der Waals surface area (Å²) in [7, 11) is 2.18. The number of para-hydroxylation sites is 1.